The van der Waals surface area contributed by atoms with Gasteiger partial charge >= 0.3 is 6.18 Å². The van der Waals surface area contributed by atoms with Gasteiger partial charge in [-0.25, -0.2) is 4.98 Å². The van der Waals surface area contributed by atoms with Crippen molar-refractivity contribution in [3.63, 3.8) is 0 Å². The number of halogens is 4. The van der Waals surface area contributed by atoms with Gasteiger partial charge in [-0.1, -0.05) is 23.7 Å². The zero-order valence-electron chi connectivity index (χ0n) is 9.37. The van der Waals surface area contributed by atoms with Crippen LogP contribution in [0.4, 0.5) is 13.2 Å². The molecule has 2 rings (SSSR count). The second-order valence-electron chi connectivity index (χ2n) is 3.74. The predicted molar refractivity (Wildman–Crippen MR) is 64.4 cm³/mol. The molecule has 0 N–H and O–H groups in total. The third-order valence-corrected chi connectivity index (χ3v) is 2.67. The fourth-order valence-electron chi connectivity index (χ4n) is 1.61. The van der Waals surface area contributed by atoms with E-state index < -0.39 is 11.7 Å². The van der Waals surface area contributed by atoms with Crippen LogP contribution in [0.25, 0.3) is 11.1 Å². The Morgan fingerprint density at radius 1 is 1.21 bits per heavy atom. The molecule has 0 unspecified atom stereocenters. The van der Waals surface area contributed by atoms with E-state index in [9.17, 15) is 13.2 Å². The zero-order valence-corrected chi connectivity index (χ0v) is 10.1. The van der Waals surface area contributed by atoms with Gasteiger partial charge in [-0.05, 0) is 23.8 Å². The highest BCUT2D eigenvalue weighted by Gasteiger charge is 2.30. The summed E-state index contributed by atoms with van der Waals surface area (Å²) in [6.07, 6.45) is -3.16. The number of hydrogen-bond acceptors (Lipinski definition) is 2. The summed E-state index contributed by atoms with van der Waals surface area (Å²) < 4.78 is 37.9. The molecular weight excluding hydrogens is 277 g/mol. The number of hydrogen-bond donors (Lipinski definition) is 0. The Bertz CT molecular complexity index is 660. The zero-order chi connectivity index (χ0) is 14.0. The fourth-order valence-corrected chi connectivity index (χ4v) is 1.77. The lowest BCUT2D eigenvalue weighted by molar-refractivity contribution is -0.137. The number of pyridine rings is 1. The Kier molecular flexibility index (Phi) is 3.45. The van der Waals surface area contributed by atoms with Crippen molar-refractivity contribution < 1.29 is 13.2 Å². The van der Waals surface area contributed by atoms with Crippen LogP contribution in [-0.4, -0.2) is 4.98 Å². The molecule has 0 fully saturated rings. The van der Waals surface area contributed by atoms with Crippen LogP contribution in [0.2, 0.25) is 5.02 Å². The Morgan fingerprint density at radius 3 is 2.58 bits per heavy atom. The molecule has 0 saturated heterocycles. The number of aromatic nitrogens is 1. The van der Waals surface area contributed by atoms with Gasteiger partial charge in [0.25, 0.3) is 0 Å². The normalized spacial score (nSPS) is 11.1. The lowest BCUT2D eigenvalue weighted by Crippen LogP contribution is -2.04. The lowest BCUT2D eigenvalue weighted by Gasteiger charge is -2.09. The molecule has 0 saturated carbocycles. The summed E-state index contributed by atoms with van der Waals surface area (Å²) in [6.45, 7) is 0. The van der Waals surface area contributed by atoms with Crippen LogP contribution in [0, 0.1) is 11.3 Å². The minimum Gasteiger partial charge on any atom is -0.243 e. The smallest absolute Gasteiger partial charge is 0.243 e. The second-order valence-corrected chi connectivity index (χ2v) is 4.18. The summed E-state index contributed by atoms with van der Waals surface area (Å²) in [7, 11) is 0. The highest BCUT2D eigenvalue weighted by Crippen LogP contribution is 2.33. The van der Waals surface area contributed by atoms with E-state index in [4.69, 9.17) is 16.9 Å². The fraction of sp³-hybridized carbons (Fsp3) is 0.0769. The van der Waals surface area contributed by atoms with Crippen molar-refractivity contribution >= 4 is 11.6 Å². The number of nitrogens with zero attached hydrogens (tertiary/aromatic N) is 2. The van der Waals surface area contributed by atoms with Crippen LogP contribution in [-0.2, 0) is 6.18 Å². The van der Waals surface area contributed by atoms with Gasteiger partial charge in [0.1, 0.15) is 11.8 Å². The first kappa shape index (κ1) is 13.4. The van der Waals surface area contributed by atoms with Crippen molar-refractivity contribution in [2.75, 3.05) is 0 Å². The molecule has 0 aliphatic rings. The summed E-state index contributed by atoms with van der Waals surface area (Å²) >= 11 is 5.76. The van der Waals surface area contributed by atoms with Gasteiger partial charge in [-0.3, -0.25) is 0 Å². The van der Waals surface area contributed by atoms with E-state index in [2.05, 4.69) is 4.98 Å². The van der Waals surface area contributed by atoms with E-state index in [0.717, 1.165) is 12.1 Å². The van der Waals surface area contributed by atoms with Gasteiger partial charge in [0, 0.05) is 11.8 Å². The van der Waals surface area contributed by atoms with E-state index in [-0.39, 0.29) is 21.8 Å². The van der Waals surface area contributed by atoms with Crippen molar-refractivity contribution in [2.24, 2.45) is 0 Å². The Morgan fingerprint density at radius 2 is 1.95 bits per heavy atom. The largest absolute Gasteiger partial charge is 0.416 e. The molecule has 0 aliphatic carbocycles. The standard InChI is InChI=1S/C13H6ClF3N2/c14-10-5-11(12(6-18)19-7-10)8-2-1-3-9(4-8)13(15,16)17/h1-5,7H. The maximum Gasteiger partial charge on any atom is 0.416 e. The highest BCUT2D eigenvalue weighted by molar-refractivity contribution is 6.30. The summed E-state index contributed by atoms with van der Waals surface area (Å²) in [5, 5.41) is 9.18. The van der Waals surface area contributed by atoms with Crippen molar-refractivity contribution in [3.8, 4) is 17.2 Å². The Balaban J connectivity index is 2.60. The second kappa shape index (κ2) is 4.90. The molecule has 2 nitrogen and oxygen atoms in total. The maximum absolute atomic E-state index is 12.6. The van der Waals surface area contributed by atoms with Crippen LogP contribution in [0.15, 0.2) is 36.5 Å². The molecular formula is C13H6ClF3N2. The van der Waals surface area contributed by atoms with E-state index in [0.29, 0.717) is 0 Å². The van der Waals surface area contributed by atoms with Crippen molar-refractivity contribution in [2.45, 2.75) is 6.18 Å². The minimum atomic E-state index is -4.44. The molecule has 2 aromatic rings. The number of benzene rings is 1. The first-order chi connectivity index (χ1) is 8.91. The van der Waals surface area contributed by atoms with E-state index >= 15 is 0 Å². The first-order valence-electron chi connectivity index (χ1n) is 5.15. The van der Waals surface area contributed by atoms with E-state index in [1.165, 1.54) is 24.4 Å². The lowest BCUT2D eigenvalue weighted by atomic mass is 10.0. The Hall–Kier alpha value is -2.06. The number of rotatable bonds is 1. The third-order valence-electron chi connectivity index (χ3n) is 2.46. The number of nitriles is 1. The summed E-state index contributed by atoms with van der Waals surface area (Å²) in [5.41, 5.74) is -0.222. The molecule has 1 heterocycles. The maximum atomic E-state index is 12.6. The van der Waals surface area contributed by atoms with Crippen LogP contribution in [0.3, 0.4) is 0 Å². The topological polar surface area (TPSA) is 36.7 Å². The monoisotopic (exact) mass is 282 g/mol. The average Bonchev–Trinajstić information content (AvgIpc) is 2.38. The molecule has 6 heteroatoms. The summed E-state index contributed by atoms with van der Waals surface area (Å²) in [5.74, 6) is 0. The molecule has 96 valence electrons. The van der Waals surface area contributed by atoms with Gasteiger partial charge in [-0.2, -0.15) is 18.4 Å². The van der Waals surface area contributed by atoms with Crippen LogP contribution < -0.4 is 0 Å². The van der Waals surface area contributed by atoms with Crippen LogP contribution in [0.1, 0.15) is 11.3 Å². The predicted octanol–water partition coefficient (Wildman–Crippen LogP) is 4.29. The van der Waals surface area contributed by atoms with Crippen molar-refractivity contribution in [1.29, 1.82) is 5.26 Å². The highest BCUT2D eigenvalue weighted by atomic mass is 35.5. The van der Waals surface area contributed by atoms with Crippen LogP contribution >= 0.6 is 11.6 Å². The minimum absolute atomic E-state index is 0.0312. The van der Waals surface area contributed by atoms with Gasteiger partial charge in [0.15, 0.2) is 0 Å². The molecule has 1 aromatic heterocycles. The summed E-state index contributed by atoms with van der Waals surface area (Å²) in [6, 6.07) is 7.93. The molecule has 0 atom stereocenters. The van der Waals surface area contributed by atoms with Gasteiger partial charge in [-0.15, -0.1) is 0 Å². The molecule has 19 heavy (non-hydrogen) atoms. The molecule has 1 aromatic carbocycles. The van der Waals surface area contributed by atoms with Gasteiger partial charge < -0.3 is 0 Å². The van der Waals surface area contributed by atoms with E-state index in [1.54, 1.807) is 0 Å². The third kappa shape index (κ3) is 2.85. The van der Waals surface area contributed by atoms with Crippen molar-refractivity contribution in [1.82, 2.24) is 4.98 Å². The molecule has 0 aliphatic heterocycles. The average molecular weight is 283 g/mol. The molecule has 0 spiro atoms. The van der Waals surface area contributed by atoms with Gasteiger partial charge in [0.2, 0.25) is 0 Å². The first-order valence-corrected chi connectivity index (χ1v) is 5.53. The van der Waals surface area contributed by atoms with Crippen molar-refractivity contribution in [3.05, 3.63) is 52.8 Å². The summed E-state index contributed by atoms with van der Waals surface area (Å²) in [4.78, 5) is 3.79. The molecule has 0 bridgehead atoms. The SMILES string of the molecule is N#Cc1ncc(Cl)cc1-c1cccc(C(F)(F)F)c1. The molecule has 0 amide bonds. The molecule has 0 radical (unpaired) electrons. The number of alkyl halides is 3. The van der Waals surface area contributed by atoms with Gasteiger partial charge in [0.05, 0.1) is 10.6 Å². The Labute approximate surface area is 112 Å². The van der Waals surface area contributed by atoms with Crippen LogP contribution in [0.5, 0.6) is 0 Å². The van der Waals surface area contributed by atoms with E-state index in [1.807, 2.05) is 6.07 Å². The quantitative estimate of drug-likeness (QED) is 0.782.